The molecule has 1 heterocycles. The minimum absolute atomic E-state index is 0.0453. The van der Waals surface area contributed by atoms with E-state index in [1.54, 1.807) is 0 Å². The standard InChI is InChI=1S/C23H32INO4/c1-25(20-7-3-2-4-8-20)23(27)21-15-18(17-9-11-19(24)12-10-17)16-22(29-21)28-14-6-5-13-26/h9-12,15,18,20,22,26H,2-8,13-14,16H2,1H3/t18-,22+/m0/s1. The number of carbonyl (C=O) groups is 1. The van der Waals surface area contributed by atoms with E-state index in [2.05, 4.69) is 46.9 Å². The summed E-state index contributed by atoms with van der Waals surface area (Å²) in [5, 5.41) is 8.97. The van der Waals surface area contributed by atoms with Gasteiger partial charge in [0.25, 0.3) is 5.91 Å². The quantitative estimate of drug-likeness (QED) is 0.409. The Labute approximate surface area is 187 Å². The zero-order chi connectivity index (χ0) is 20.6. The fourth-order valence-corrected chi connectivity index (χ4v) is 4.45. The zero-order valence-corrected chi connectivity index (χ0v) is 19.3. The highest BCUT2D eigenvalue weighted by atomic mass is 127. The number of amides is 1. The molecule has 5 nitrogen and oxygen atoms in total. The second kappa shape index (κ2) is 11.3. The first-order valence-corrected chi connectivity index (χ1v) is 11.8. The van der Waals surface area contributed by atoms with E-state index >= 15 is 0 Å². The van der Waals surface area contributed by atoms with Gasteiger partial charge >= 0.3 is 0 Å². The summed E-state index contributed by atoms with van der Waals surface area (Å²) in [7, 11) is 1.90. The topological polar surface area (TPSA) is 59.0 Å². The number of ether oxygens (including phenoxy) is 2. The van der Waals surface area contributed by atoms with E-state index in [1.807, 2.05) is 18.0 Å². The SMILES string of the molecule is CN(C(=O)C1=C[C@H](c2ccc(I)cc2)C[C@H](OCCCCO)O1)C1CCCCC1. The van der Waals surface area contributed by atoms with E-state index in [0.29, 0.717) is 31.2 Å². The summed E-state index contributed by atoms with van der Waals surface area (Å²) in [4.78, 5) is 15.1. The molecule has 0 spiro atoms. The van der Waals surface area contributed by atoms with Crippen molar-refractivity contribution in [3.63, 3.8) is 0 Å². The average Bonchev–Trinajstić information content (AvgIpc) is 2.76. The second-order valence-electron chi connectivity index (χ2n) is 7.98. The van der Waals surface area contributed by atoms with E-state index in [-0.39, 0.29) is 18.4 Å². The molecule has 1 aromatic rings. The number of aliphatic hydroxyl groups is 1. The Morgan fingerprint density at radius 1 is 1.21 bits per heavy atom. The number of halogens is 1. The molecule has 160 valence electrons. The summed E-state index contributed by atoms with van der Waals surface area (Å²) in [6.45, 7) is 0.681. The predicted octanol–water partition coefficient (Wildman–Crippen LogP) is 4.59. The van der Waals surface area contributed by atoms with Crippen LogP contribution >= 0.6 is 22.6 Å². The number of aliphatic hydroxyl groups excluding tert-OH is 1. The summed E-state index contributed by atoms with van der Waals surface area (Å²) >= 11 is 2.30. The van der Waals surface area contributed by atoms with Crippen LogP contribution in [0.2, 0.25) is 0 Å². The molecule has 1 saturated carbocycles. The first-order chi connectivity index (χ1) is 14.1. The Kier molecular flexibility index (Phi) is 8.81. The Balaban J connectivity index is 1.74. The molecule has 0 unspecified atom stereocenters. The highest BCUT2D eigenvalue weighted by Gasteiger charge is 2.32. The maximum atomic E-state index is 13.2. The lowest BCUT2D eigenvalue weighted by Gasteiger charge is -2.34. The molecule has 2 aliphatic rings. The molecule has 29 heavy (non-hydrogen) atoms. The molecule has 1 aromatic carbocycles. The molecule has 1 aliphatic carbocycles. The molecule has 3 rings (SSSR count). The van der Waals surface area contributed by atoms with E-state index in [1.165, 1.54) is 28.4 Å². The molecule has 0 bridgehead atoms. The molecule has 1 aliphatic heterocycles. The van der Waals surface area contributed by atoms with Crippen molar-refractivity contribution < 1.29 is 19.4 Å². The largest absolute Gasteiger partial charge is 0.459 e. The molecule has 1 fully saturated rings. The van der Waals surface area contributed by atoms with Crippen LogP contribution in [-0.4, -0.2) is 48.5 Å². The molecule has 1 N–H and O–H groups in total. The normalized spacial score (nSPS) is 22.7. The third-order valence-corrected chi connectivity index (χ3v) is 6.58. The third-order valence-electron chi connectivity index (χ3n) is 5.87. The number of benzene rings is 1. The maximum absolute atomic E-state index is 13.2. The Hall–Kier alpha value is -1.12. The summed E-state index contributed by atoms with van der Waals surface area (Å²) < 4.78 is 13.1. The monoisotopic (exact) mass is 513 g/mol. The highest BCUT2D eigenvalue weighted by Crippen LogP contribution is 2.33. The van der Waals surface area contributed by atoms with Gasteiger partial charge in [-0.1, -0.05) is 31.4 Å². The van der Waals surface area contributed by atoms with Crippen LogP contribution < -0.4 is 0 Å². The summed E-state index contributed by atoms with van der Waals surface area (Å²) in [5.41, 5.74) is 1.17. The second-order valence-corrected chi connectivity index (χ2v) is 9.23. The summed E-state index contributed by atoms with van der Waals surface area (Å²) in [6.07, 6.45) is 9.46. The van der Waals surface area contributed by atoms with Crippen LogP contribution in [0.15, 0.2) is 36.1 Å². The van der Waals surface area contributed by atoms with E-state index in [4.69, 9.17) is 14.6 Å². The zero-order valence-electron chi connectivity index (χ0n) is 17.2. The number of unbranched alkanes of at least 4 members (excludes halogenated alkanes) is 1. The molecular formula is C23H32INO4. The lowest BCUT2D eigenvalue weighted by molar-refractivity contribution is -0.153. The Morgan fingerprint density at radius 3 is 2.62 bits per heavy atom. The van der Waals surface area contributed by atoms with Crippen molar-refractivity contribution in [3.05, 3.63) is 45.2 Å². The summed E-state index contributed by atoms with van der Waals surface area (Å²) in [6, 6.07) is 8.70. The lowest BCUT2D eigenvalue weighted by atomic mass is 9.92. The minimum Gasteiger partial charge on any atom is -0.459 e. The molecule has 0 aromatic heterocycles. The number of nitrogens with zero attached hydrogens (tertiary/aromatic N) is 1. The van der Waals surface area contributed by atoms with Crippen molar-refractivity contribution in [3.8, 4) is 0 Å². The van der Waals surface area contributed by atoms with Crippen LogP contribution in [-0.2, 0) is 14.3 Å². The number of allylic oxidation sites excluding steroid dienone is 1. The number of hydrogen-bond acceptors (Lipinski definition) is 4. The Morgan fingerprint density at radius 2 is 1.93 bits per heavy atom. The Bertz CT molecular complexity index is 685. The van der Waals surface area contributed by atoms with Gasteiger partial charge < -0.3 is 19.5 Å². The predicted molar refractivity (Wildman–Crippen MR) is 121 cm³/mol. The van der Waals surface area contributed by atoms with Crippen LogP contribution in [0.25, 0.3) is 0 Å². The van der Waals surface area contributed by atoms with Crippen molar-refractivity contribution in [1.82, 2.24) is 4.90 Å². The first kappa shape index (κ1) is 22.6. The van der Waals surface area contributed by atoms with Gasteiger partial charge in [-0.3, -0.25) is 4.79 Å². The molecule has 6 heteroatoms. The van der Waals surface area contributed by atoms with Crippen molar-refractivity contribution >= 4 is 28.5 Å². The summed E-state index contributed by atoms with van der Waals surface area (Å²) in [5.74, 6) is 0.443. The molecule has 0 radical (unpaired) electrons. The van der Waals surface area contributed by atoms with Crippen LogP contribution in [0.5, 0.6) is 0 Å². The van der Waals surface area contributed by atoms with Crippen LogP contribution in [0.1, 0.15) is 62.8 Å². The van der Waals surface area contributed by atoms with E-state index < -0.39 is 6.29 Å². The van der Waals surface area contributed by atoms with Crippen LogP contribution in [0.4, 0.5) is 0 Å². The first-order valence-electron chi connectivity index (χ1n) is 10.7. The van der Waals surface area contributed by atoms with Gasteiger partial charge in [0.05, 0.1) is 6.61 Å². The molecule has 2 atom stereocenters. The van der Waals surface area contributed by atoms with Gasteiger partial charge in [-0.25, -0.2) is 0 Å². The smallest absolute Gasteiger partial charge is 0.288 e. The fourth-order valence-electron chi connectivity index (χ4n) is 4.09. The number of hydrogen-bond donors (Lipinski definition) is 1. The van der Waals surface area contributed by atoms with Crippen LogP contribution in [0, 0.1) is 3.57 Å². The van der Waals surface area contributed by atoms with Gasteiger partial charge in [0.1, 0.15) is 0 Å². The van der Waals surface area contributed by atoms with E-state index in [9.17, 15) is 4.79 Å². The van der Waals surface area contributed by atoms with Gasteiger partial charge in [-0.05, 0) is 72.0 Å². The highest BCUT2D eigenvalue weighted by molar-refractivity contribution is 14.1. The number of likely N-dealkylation sites (N-methyl/N-ethyl adjacent to an activating group) is 1. The van der Waals surface area contributed by atoms with Gasteiger partial charge in [0, 0.05) is 35.6 Å². The fraction of sp³-hybridized carbons (Fsp3) is 0.609. The van der Waals surface area contributed by atoms with E-state index in [0.717, 1.165) is 19.3 Å². The van der Waals surface area contributed by atoms with Crippen molar-refractivity contribution in [2.24, 2.45) is 0 Å². The van der Waals surface area contributed by atoms with Crippen LogP contribution in [0.3, 0.4) is 0 Å². The lowest BCUT2D eigenvalue weighted by Crippen LogP contribution is -2.41. The number of rotatable bonds is 8. The van der Waals surface area contributed by atoms with Crippen molar-refractivity contribution in [1.29, 1.82) is 0 Å². The van der Waals surface area contributed by atoms with Crippen molar-refractivity contribution in [2.75, 3.05) is 20.3 Å². The van der Waals surface area contributed by atoms with Gasteiger partial charge in [0.2, 0.25) is 6.29 Å². The van der Waals surface area contributed by atoms with Crippen molar-refractivity contribution in [2.45, 2.75) is 69.6 Å². The minimum atomic E-state index is -0.443. The maximum Gasteiger partial charge on any atom is 0.288 e. The number of carbonyl (C=O) groups excluding carboxylic acids is 1. The third kappa shape index (κ3) is 6.43. The van der Waals surface area contributed by atoms with Gasteiger partial charge in [-0.15, -0.1) is 0 Å². The van der Waals surface area contributed by atoms with Gasteiger partial charge in [0.15, 0.2) is 5.76 Å². The molecular weight excluding hydrogens is 481 g/mol. The molecule has 1 amide bonds. The average molecular weight is 513 g/mol. The molecule has 0 saturated heterocycles. The van der Waals surface area contributed by atoms with Gasteiger partial charge in [-0.2, -0.15) is 0 Å².